The fourth-order valence-electron chi connectivity index (χ4n) is 3.33. The minimum atomic E-state index is 0. The molecule has 0 amide bonds. The second-order valence-electron chi connectivity index (χ2n) is 4.94. The number of aryl methyl sites for hydroxylation is 1. The highest BCUT2D eigenvalue weighted by atomic mass is 35.5. The monoisotopic (exact) mass is 278 g/mol. The van der Waals surface area contributed by atoms with Crippen LogP contribution >= 0.6 is 24.8 Å². The summed E-state index contributed by atoms with van der Waals surface area (Å²) in [6.07, 6.45) is 8.66. The molecular weight excluding hydrogens is 263 g/mol. The van der Waals surface area contributed by atoms with E-state index in [2.05, 4.69) is 42.5 Å². The van der Waals surface area contributed by atoms with Crippen LogP contribution in [0.4, 0.5) is 0 Å². The molecule has 1 unspecified atom stereocenters. The standard InChI is InChI=1S/C16H14.2ClH/c1-3-11-7-9-13-5-2-6-14-10-8-12(4-1)15(11)16(13)14;;/h1,3-4,7-10,13H,2,5-6H2;2*1H. The van der Waals surface area contributed by atoms with Crippen molar-refractivity contribution in [3.8, 4) is 0 Å². The lowest BCUT2D eigenvalue weighted by molar-refractivity contribution is 0.633. The van der Waals surface area contributed by atoms with Crippen molar-refractivity contribution in [2.75, 3.05) is 0 Å². The smallest absolute Gasteiger partial charge is 0.00305 e. The van der Waals surface area contributed by atoms with Gasteiger partial charge in [0.1, 0.15) is 0 Å². The lowest BCUT2D eigenvalue weighted by Gasteiger charge is -2.28. The van der Waals surface area contributed by atoms with Crippen molar-refractivity contribution in [1.29, 1.82) is 0 Å². The molecule has 2 aromatic rings. The quantitative estimate of drug-likeness (QED) is 0.627. The van der Waals surface area contributed by atoms with E-state index in [9.17, 15) is 0 Å². The van der Waals surface area contributed by atoms with Gasteiger partial charge in [-0.1, -0.05) is 42.5 Å². The van der Waals surface area contributed by atoms with Gasteiger partial charge in [0.05, 0.1) is 0 Å². The maximum absolute atomic E-state index is 2.40. The van der Waals surface area contributed by atoms with Crippen molar-refractivity contribution in [2.45, 2.75) is 25.2 Å². The summed E-state index contributed by atoms with van der Waals surface area (Å²) in [5, 5.41) is 2.93. The normalized spacial score (nSPS) is 19.0. The molecule has 0 bridgehead atoms. The van der Waals surface area contributed by atoms with Crippen molar-refractivity contribution in [3.63, 3.8) is 0 Å². The zero-order chi connectivity index (χ0) is 10.5. The zero-order valence-electron chi connectivity index (χ0n) is 10.1. The van der Waals surface area contributed by atoms with Gasteiger partial charge in [0.2, 0.25) is 0 Å². The minimum absolute atomic E-state index is 0. The number of allylic oxidation sites excluding steroid dienone is 1. The molecule has 94 valence electrons. The summed E-state index contributed by atoms with van der Waals surface area (Å²) in [6, 6.07) is 11.3. The Kier molecular flexibility index (Phi) is 3.70. The molecule has 2 heteroatoms. The Morgan fingerprint density at radius 2 is 1.89 bits per heavy atom. The fourth-order valence-corrected chi connectivity index (χ4v) is 3.33. The summed E-state index contributed by atoms with van der Waals surface area (Å²) in [4.78, 5) is 0. The van der Waals surface area contributed by atoms with Crippen LogP contribution in [0.15, 0.2) is 36.4 Å². The van der Waals surface area contributed by atoms with Gasteiger partial charge in [-0.2, -0.15) is 0 Å². The van der Waals surface area contributed by atoms with Crippen LogP contribution in [-0.2, 0) is 6.42 Å². The van der Waals surface area contributed by atoms with E-state index in [1.807, 2.05) is 0 Å². The van der Waals surface area contributed by atoms with Crippen LogP contribution in [0.1, 0.15) is 35.4 Å². The third kappa shape index (κ3) is 1.75. The summed E-state index contributed by atoms with van der Waals surface area (Å²) in [5.74, 6) is 0.683. The second kappa shape index (κ2) is 4.95. The predicted molar refractivity (Wildman–Crippen MR) is 83.2 cm³/mol. The van der Waals surface area contributed by atoms with Crippen LogP contribution in [0, 0.1) is 0 Å². The first-order chi connectivity index (χ1) is 7.93. The molecule has 0 fully saturated rings. The van der Waals surface area contributed by atoms with Crippen LogP contribution in [0.5, 0.6) is 0 Å². The first-order valence-corrected chi connectivity index (χ1v) is 6.16. The Hall–Kier alpha value is -0.980. The van der Waals surface area contributed by atoms with E-state index in [0.717, 1.165) is 0 Å². The summed E-state index contributed by atoms with van der Waals surface area (Å²) in [7, 11) is 0. The maximum Gasteiger partial charge on any atom is 0.00305 e. The molecule has 0 saturated carbocycles. The molecular formula is C16H16Cl2. The van der Waals surface area contributed by atoms with Crippen LogP contribution in [0.3, 0.4) is 0 Å². The van der Waals surface area contributed by atoms with Gasteiger partial charge >= 0.3 is 0 Å². The van der Waals surface area contributed by atoms with Gasteiger partial charge < -0.3 is 0 Å². The van der Waals surface area contributed by atoms with Crippen LogP contribution in [-0.4, -0.2) is 0 Å². The first kappa shape index (κ1) is 13.5. The molecule has 2 aliphatic rings. The lowest BCUT2D eigenvalue weighted by atomic mass is 9.76. The first-order valence-electron chi connectivity index (χ1n) is 6.16. The second-order valence-corrected chi connectivity index (χ2v) is 4.94. The van der Waals surface area contributed by atoms with E-state index >= 15 is 0 Å². The van der Waals surface area contributed by atoms with Gasteiger partial charge in [0.15, 0.2) is 0 Å². The van der Waals surface area contributed by atoms with Crippen molar-refractivity contribution in [3.05, 3.63) is 53.1 Å². The molecule has 0 saturated heterocycles. The summed E-state index contributed by atoms with van der Waals surface area (Å²) >= 11 is 0. The Balaban J connectivity index is 0.000000602. The van der Waals surface area contributed by atoms with Crippen molar-refractivity contribution in [1.82, 2.24) is 0 Å². The number of benzene rings is 2. The summed E-state index contributed by atoms with van der Waals surface area (Å²) < 4.78 is 0. The number of rotatable bonds is 0. The van der Waals surface area contributed by atoms with Gasteiger partial charge in [-0.3, -0.25) is 0 Å². The third-order valence-electron chi connectivity index (χ3n) is 4.05. The number of hydrogen-bond acceptors (Lipinski definition) is 0. The van der Waals surface area contributed by atoms with Crippen LogP contribution < -0.4 is 0 Å². The molecule has 0 heterocycles. The van der Waals surface area contributed by atoms with Gasteiger partial charge in [0.25, 0.3) is 0 Å². The Morgan fingerprint density at radius 1 is 1.00 bits per heavy atom. The Labute approximate surface area is 120 Å². The number of halogens is 2. The van der Waals surface area contributed by atoms with E-state index in [0.29, 0.717) is 5.92 Å². The van der Waals surface area contributed by atoms with E-state index in [-0.39, 0.29) is 24.8 Å². The molecule has 0 N–H and O–H groups in total. The molecule has 0 aliphatic heterocycles. The van der Waals surface area contributed by atoms with Crippen molar-refractivity contribution in [2.24, 2.45) is 0 Å². The average molecular weight is 279 g/mol. The highest BCUT2D eigenvalue weighted by molar-refractivity contribution is 5.96. The summed E-state index contributed by atoms with van der Waals surface area (Å²) in [5.41, 5.74) is 4.62. The molecule has 2 aromatic carbocycles. The molecule has 2 aliphatic carbocycles. The molecule has 0 aromatic heterocycles. The fraction of sp³-hybridized carbons (Fsp3) is 0.250. The minimum Gasteiger partial charge on any atom is -0.147 e. The highest BCUT2D eigenvalue weighted by Crippen LogP contribution is 2.42. The topological polar surface area (TPSA) is 0 Å². The van der Waals surface area contributed by atoms with E-state index in [4.69, 9.17) is 0 Å². The SMILES string of the molecule is C1=CC2CCCc3ccc4cccc1c4c32.Cl.Cl. The summed E-state index contributed by atoms with van der Waals surface area (Å²) in [6.45, 7) is 0. The van der Waals surface area contributed by atoms with E-state index in [1.165, 1.54) is 35.6 Å². The molecule has 1 atom stereocenters. The molecule has 0 radical (unpaired) electrons. The Morgan fingerprint density at radius 3 is 2.78 bits per heavy atom. The van der Waals surface area contributed by atoms with Crippen LogP contribution in [0.2, 0.25) is 0 Å². The zero-order valence-corrected chi connectivity index (χ0v) is 11.7. The highest BCUT2D eigenvalue weighted by Gasteiger charge is 2.23. The van der Waals surface area contributed by atoms with E-state index in [1.54, 1.807) is 11.1 Å². The molecule has 0 spiro atoms. The molecule has 0 nitrogen and oxygen atoms in total. The van der Waals surface area contributed by atoms with E-state index < -0.39 is 0 Å². The van der Waals surface area contributed by atoms with Gasteiger partial charge in [-0.15, -0.1) is 24.8 Å². The third-order valence-corrected chi connectivity index (χ3v) is 4.05. The van der Waals surface area contributed by atoms with Crippen molar-refractivity contribution >= 4 is 41.7 Å². The van der Waals surface area contributed by atoms with Crippen LogP contribution in [0.25, 0.3) is 16.8 Å². The Bertz CT molecular complexity index is 614. The molecule has 4 rings (SSSR count). The van der Waals surface area contributed by atoms with Gasteiger partial charge in [-0.25, -0.2) is 0 Å². The van der Waals surface area contributed by atoms with Gasteiger partial charge in [-0.05, 0) is 46.7 Å². The maximum atomic E-state index is 2.40. The largest absolute Gasteiger partial charge is 0.147 e. The lowest BCUT2D eigenvalue weighted by Crippen LogP contribution is -2.11. The van der Waals surface area contributed by atoms with Gasteiger partial charge in [0, 0.05) is 5.92 Å². The number of hydrogen-bond donors (Lipinski definition) is 0. The molecule has 18 heavy (non-hydrogen) atoms. The predicted octanol–water partition coefficient (Wildman–Crippen LogP) is 5.13. The average Bonchev–Trinajstić information content (AvgIpc) is 2.36. The van der Waals surface area contributed by atoms with Crippen molar-refractivity contribution < 1.29 is 0 Å².